The summed E-state index contributed by atoms with van der Waals surface area (Å²) in [6, 6.07) is 0. The Hall–Kier alpha value is -1.14. The summed E-state index contributed by atoms with van der Waals surface area (Å²) in [7, 11) is 0. The predicted molar refractivity (Wildman–Crippen MR) is 223 cm³/mol. The summed E-state index contributed by atoms with van der Waals surface area (Å²) < 4.78 is 11.0. The molecule has 1 heterocycles. The molecule has 52 heavy (non-hydrogen) atoms. The molecule has 6 heteroatoms. The number of hydrogen-bond acceptors (Lipinski definition) is 6. The Bertz CT molecular complexity index is 693. The highest BCUT2D eigenvalue weighted by Gasteiger charge is 2.18. The fraction of sp³-hybridized carbons (Fsp3) is 0.957. The molecule has 0 aromatic carbocycles. The van der Waals surface area contributed by atoms with Crippen molar-refractivity contribution < 1.29 is 19.1 Å². The van der Waals surface area contributed by atoms with Crippen molar-refractivity contribution in [3.8, 4) is 0 Å². The van der Waals surface area contributed by atoms with Gasteiger partial charge >= 0.3 is 11.9 Å². The van der Waals surface area contributed by atoms with Gasteiger partial charge in [-0.05, 0) is 12.8 Å². The minimum Gasteiger partial charge on any atom is -0.466 e. The van der Waals surface area contributed by atoms with Gasteiger partial charge in [-0.25, -0.2) is 0 Å². The van der Waals surface area contributed by atoms with Gasteiger partial charge in [0.15, 0.2) is 0 Å². The molecule has 1 rings (SSSR count). The second-order valence-electron chi connectivity index (χ2n) is 16.2. The first-order valence-corrected chi connectivity index (χ1v) is 23.4. The van der Waals surface area contributed by atoms with Gasteiger partial charge in [-0.2, -0.15) is 0 Å². The summed E-state index contributed by atoms with van der Waals surface area (Å²) in [5.41, 5.74) is 0. The monoisotopic (exact) mass is 735 g/mol. The Morgan fingerprint density at radius 2 is 0.558 bits per heavy atom. The highest BCUT2D eigenvalue weighted by atomic mass is 16.5. The quantitative estimate of drug-likeness (QED) is 0.0461. The van der Waals surface area contributed by atoms with Crippen LogP contribution in [0.25, 0.3) is 0 Å². The minimum absolute atomic E-state index is 0.0597. The lowest BCUT2D eigenvalue weighted by Gasteiger charge is -2.34. The molecule has 0 bridgehead atoms. The summed E-state index contributed by atoms with van der Waals surface area (Å²) in [6.45, 7) is 11.0. The Labute approximate surface area is 324 Å². The van der Waals surface area contributed by atoms with Gasteiger partial charge in [0, 0.05) is 39.3 Å². The van der Waals surface area contributed by atoms with Crippen LogP contribution < -0.4 is 0 Å². The van der Waals surface area contributed by atoms with Crippen molar-refractivity contribution >= 4 is 11.9 Å². The predicted octanol–water partition coefficient (Wildman–Crippen LogP) is 13.0. The van der Waals surface area contributed by atoms with E-state index >= 15 is 0 Å². The smallest absolute Gasteiger partial charge is 0.307 e. The van der Waals surface area contributed by atoms with Gasteiger partial charge in [-0.3, -0.25) is 9.59 Å². The molecular formula is C46H90N2O4. The van der Waals surface area contributed by atoms with Gasteiger partial charge < -0.3 is 19.3 Å². The van der Waals surface area contributed by atoms with Crippen molar-refractivity contribution in [3.05, 3.63) is 0 Å². The van der Waals surface area contributed by atoms with Crippen molar-refractivity contribution in [2.24, 2.45) is 0 Å². The third kappa shape index (κ3) is 34.6. The van der Waals surface area contributed by atoms with Crippen LogP contribution in [0.3, 0.4) is 0 Å². The molecule has 0 aliphatic carbocycles. The molecule has 0 saturated carbocycles. The third-order valence-electron chi connectivity index (χ3n) is 11.3. The molecular weight excluding hydrogens is 645 g/mol. The van der Waals surface area contributed by atoms with E-state index in [1.54, 1.807) is 0 Å². The number of nitrogens with zero attached hydrogens (tertiary/aromatic N) is 2. The Balaban J connectivity index is 1.81. The van der Waals surface area contributed by atoms with E-state index < -0.39 is 0 Å². The Morgan fingerprint density at radius 3 is 0.788 bits per heavy atom. The molecule has 308 valence electrons. The molecule has 0 aromatic rings. The van der Waals surface area contributed by atoms with Crippen molar-refractivity contribution in [1.82, 2.24) is 9.80 Å². The molecule has 1 fully saturated rings. The number of piperazine rings is 1. The highest BCUT2D eigenvalue weighted by Crippen LogP contribution is 2.15. The maximum absolute atomic E-state index is 12.2. The summed E-state index contributed by atoms with van der Waals surface area (Å²) in [4.78, 5) is 29.2. The maximum Gasteiger partial charge on any atom is 0.307 e. The molecule has 0 amide bonds. The summed E-state index contributed by atoms with van der Waals surface area (Å²) in [5, 5.41) is 0. The van der Waals surface area contributed by atoms with E-state index in [1.807, 2.05) is 0 Å². The second kappa shape index (κ2) is 39.6. The summed E-state index contributed by atoms with van der Waals surface area (Å²) in [6.07, 6.45) is 44.2. The molecule has 0 aromatic heterocycles. The van der Waals surface area contributed by atoms with Gasteiger partial charge in [0.2, 0.25) is 0 Å². The molecule has 1 aliphatic rings. The van der Waals surface area contributed by atoms with Gasteiger partial charge in [0.05, 0.1) is 26.1 Å². The molecule has 6 nitrogen and oxygen atoms in total. The standard InChI is InChI=1S/C46H90N2O4/c1-3-5-7-9-11-13-15-17-19-21-23-25-27-29-31-33-43-51-45(49)35-37-47-39-41-48(42-40-47)38-36-46(50)52-44-34-32-30-28-26-24-22-20-18-16-14-12-10-8-6-4-2/h3-44H2,1-2H3. The SMILES string of the molecule is CCCCCCCCCCCCCCCCCCOC(=O)CCN1CCN(CCC(=O)OCCCCCCCCCCCCCCCCCC)CC1. The van der Waals surface area contributed by atoms with E-state index in [2.05, 4.69) is 23.6 Å². The number of carbonyl (C=O) groups is 2. The van der Waals surface area contributed by atoms with Crippen LogP contribution in [0.1, 0.15) is 232 Å². The fourth-order valence-electron chi connectivity index (χ4n) is 7.55. The van der Waals surface area contributed by atoms with Crippen molar-refractivity contribution in [2.45, 2.75) is 232 Å². The number of unbranched alkanes of at least 4 members (excludes halogenated alkanes) is 30. The third-order valence-corrected chi connectivity index (χ3v) is 11.3. The van der Waals surface area contributed by atoms with Gasteiger partial charge in [0.25, 0.3) is 0 Å². The molecule has 1 saturated heterocycles. The lowest BCUT2D eigenvalue weighted by molar-refractivity contribution is -0.145. The van der Waals surface area contributed by atoms with E-state index in [9.17, 15) is 9.59 Å². The van der Waals surface area contributed by atoms with Crippen LogP contribution in [0.15, 0.2) is 0 Å². The van der Waals surface area contributed by atoms with Gasteiger partial charge in [0.1, 0.15) is 0 Å². The van der Waals surface area contributed by atoms with E-state index in [0.29, 0.717) is 26.1 Å². The number of esters is 2. The van der Waals surface area contributed by atoms with Crippen molar-refractivity contribution in [1.29, 1.82) is 0 Å². The zero-order valence-corrected chi connectivity index (χ0v) is 35.2. The van der Waals surface area contributed by atoms with Crippen LogP contribution >= 0.6 is 0 Å². The second-order valence-corrected chi connectivity index (χ2v) is 16.2. The average Bonchev–Trinajstić information content (AvgIpc) is 3.16. The molecule has 1 aliphatic heterocycles. The van der Waals surface area contributed by atoms with E-state index in [4.69, 9.17) is 9.47 Å². The van der Waals surface area contributed by atoms with Crippen LogP contribution in [0, 0.1) is 0 Å². The highest BCUT2D eigenvalue weighted by molar-refractivity contribution is 5.69. The van der Waals surface area contributed by atoms with Crippen LogP contribution in [0.4, 0.5) is 0 Å². The van der Waals surface area contributed by atoms with Crippen LogP contribution in [-0.2, 0) is 19.1 Å². The zero-order chi connectivity index (χ0) is 37.4. The molecule has 0 unspecified atom stereocenters. The Kier molecular flexibility index (Phi) is 37.2. The number of ether oxygens (including phenoxy) is 2. The van der Waals surface area contributed by atoms with E-state index in [-0.39, 0.29) is 11.9 Å². The van der Waals surface area contributed by atoms with Crippen LogP contribution in [0.2, 0.25) is 0 Å². The minimum atomic E-state index is -0.0597. The van der Waals surface area contributed by atoms with E-state index in [0.717, 1.165) is 52.1 Å². The van der Waals surface area contributed by atoms with Crippen molar-refractivity contribution in [3.63, 3.8) is 0 Å². The number of rotatable bonds is 40. The lowest BCUT2D eigenvalue weighted by atomic mass is 10.0. The first-order chi connectivity index (χ1) is 25.7. The topological polar surface area (TPSA) is 59.1 Å². The van der Waals surface area contributed by atoms with Gasteiger partial charge in [-0.1, -0.05) is 206 Å². The zero-order valence-electron chi connectivity index (χ0n) is 35.2. The number of hydrogen-bond donors (Lipinski definition) is 0. The number of carbonyl (C=O) groups excluding carboxylic acids is 2. The first-order valence-electron chi connectivity index (χ1n) is 23.4. The van der Waals surface area contributed by atoms with Gasteiger partial charge in [-0.15, -0.1) is 0 Å². The normalized spacial score (nSPS) is 13.9. The van der Waals surface area contributed by atoms with Crippen LogP contribution in [-0.4, -0.2) is 74.2 Å². The first kappa shape index (κ1) is 48.9. The maximum atomic E-state index is 12.2. The molecule has 0 spiro atoms. The molecule has 0 radical (unpaired) electrons. The average molecular weight is 735 g/mol. The Morgan fingerprint density at radius 1 is 0.346 bits per heavy atom. The largest absolute Gasteiger partial charge is 0.466 e. The fourth-order valence-corrected chi connectivity index (χ4v) is 7.55. The summed E-state index contributed by atoms with van der Waals surface area (Å²) >= 11 is 0. The molecule has 0 N–H and O–H groups in total. The lowest BCUT2D eigenvalue weighted by Crippen LogP contribution is -2.47. The van der Waals surface area contributed by atoms with E-state index in [1.165, 1.54) is 193 Å². The van der Waals surface area contributed by atoms with Crippen molar-refractivity contribution in [2.75, 3.05) is 52.5 Å². The summed E-state index contributed by atoms with van der Waals surface area (Å²) in [5.74, 6) is -0.119. The molecule has 0 atom stereocenters. The van der Waals surface area contributed by atoms with Crippen LogP contribution in [0.5, 0.6) is 0 Å².